The van der Waals surface area contributed by atoms with Crippen LogP contribution in [0.4, 0.5) is 11.5 Å². The van der Waals surface area contributed by atoms with E-state index in [0.717, 1.165) is 39.1 Å². The molecule has 2 N–H and O–H groups in total. The summed E-state index contributed by atoms with van der Waals surface area (Å²) in [5, 5.41) is 6.34. The lowest BCUT2D eigenvalue weighted by molar-refractivity contribution is 0.0954. The Labute approximate surface area is 186 Å². The number of benzene rings is 1. The van der Waals surface area contributed by atoms with Gasteiger partial charge in [-0.2, -0.15) is 0 Å². The van der Waals surface area contributed by atoms with Gasteiger partial charge in [0.05, 0.1) is 0 Å². The molecule has 2 heterocycles. The second-order valence-electron chi connectivity index (χ2n) is 9.56. The number of amides is 1. The van der Waals surface area contributed by atoms with Crippen molar-refractivity contribution in [2.45, 2.75) is 34.1 Å². The van der Waals surface area contributed by atoms with Crippen LogP contribution in [-0.2, 0) is 6.42 Å². The maximum absolute atomic E-state index is 12.8. The van der Waals surface area contributed by atoms with E-state index >= 15 is 0 Å². The van der Waals surface area contributed by atoms with Crippen molar-refractivity contribution < 1.29 is 4.79 Å². The predicted molar refractivity (Wildman–Crippen MR) is 127 cm³/mol. The lowest BCUT2D eigenvalue weighted by atomic mass is 9.97. The van der Waals surface area contributed by atoms with E-state index in [1.807, 2.05) is 6.92 Å². The lowest BCUT2D eigenvalue weighted by Crippen LogP contribution is -2.44. The molecule has 1 saturated heterocycles. The Morgan fingerprint density at radius 2 is 1.90 bits per heavy atom. The zero-order valence-corrected chi connectivity index (χ0v) is 19.5. The summed E-state index contributed by atoms with van der Waals surface area (Å²) in [5.74, 6) is 1.09. The number of hydrogen-bond donors (Lipinski definition) is 2. The van der Waals surface area contributed by atoms with Crippen LogP contribution in [0.1, 0.15) is 42.5 Å². The normalized spacial score (nSPS) is 15.1. The first-order chi connectivity index (χ1) is 14.7. The molecule has 1 amide bonds. The van der Waals surface area contributed by atoms with Crippen molar-refractivity contribution in [3.8, 4) is 0 Å². The molecule has 1 aliphatic rings. The Balaban J connectivity index is 1.57. The monoisotopic (exact) mass is 424 g/mol. The fourth-order valence-corrected chi connectivity index (χ4v) is 3.51. The van der Waals surface area contributed by atoms with Gasteiger partial charge in [0, 0.05) is 51.2 Å². The molecule has 0 saturated carbocycles. The van der Waals surface area contributed by atoms with Gasteiger partial charge in [0.2, 0.25) is 0 Å². The number of nitrogens with one attached hydrogen (secondary N) is 2. The zero-order chi connectivity index (χ0) is 22.4. The molecule has 7 heteroatoms. The number of carbonyl (C=O) groups is 1. The van der Waals surface area contributed by atoms with Crippen molar-refractivity contribution in [3.05, 3.63) is 47.4 Å². The minimum Gasteiger partial charge on any atom is -0.369 e. The summed E-state index contributed by atoms with van der Waals surface area (Å²) < 4.78 is 0. The van der Waals surface area contributed by atoms with E-state index in [0.29, 0.717) is 23.8 Å². The highest BCUT2D eigenvalue weighted by molar-refractivity contribution is 5.98. The van der Waals surface area contributed by atoms with Gasteiger partial charge in [-0.3, -0.25) is 4.79 Å². The Morgan fingerprint density at radius 1 is 1.16 bits per heavy atom. The summed E-state index contributed by atoms with van der Waals surface area (Å²) in [6.07, 6.45) is 2.39. The molecule has 168 valence electrons. The quantitative estimate of drug-likeness (QED) is 0.712. The third-order valence-corrected chi connectivity index (χ3v) is 5.42. The molecule has 0 aliphatic carbocycles. The van der Waals surface area contributed by atoms with Crippen LogP contribution < -0.4 is 15.5 Å². The number of aromatic nitrogens is 2. The van der Waals surface area contributed by atoms with Crippen LogP contribution in [0.15, 0.2) is 30.5 Å². The molecule has 1 fully saturated rings. The largest absolute Gasteiger partial charge is 0.369 e. The molecule has 31 heavy (non-hydrogen) atoms. The van der Waals surface area contributed by atoms with Gasteiger partial charge in [-0.1, -0.05) is 32.9 Å². The van der Waals surface area contributed by atoms with E-state index in [4.69, 9.17) is 0 Å². The highest BCUT2D eigenvalue weighted by Crippen LogP contribution is 2.19. The highest BCUT2D eigenvalue weighted by Gasteiger charge is 2.17. The Bertz CT molecular complexity index is 884. The van der Waals surface area contributed by atoms with Gasteiger partial charge in [0.15, 0.2) is 0 Å². The molecule has 0 radical (unpaired) electrons. The van der Waals surface area contributed by atoms with E-state index in [9.17, 15) is 4.79 Å². The summed E-state index contributed by atoms with van der Waals surface area (Å²) in [4.78, 5) is 26.2. The van der Waals surface area contributed by atoms with Crippen LogP contribution in [0.2, 0.25) is 0 Å². The number of anilines is 2. The summed E-state index contributed by atoms with van der Waals surface area (Å²) >= 11 is 0. The van der Waals surface area contributed by atoms with Gasteiger partial charge in [0.1, 0.15) is 17.2 Å². The van der Waals surface area contributed by atoms with Gasteiger partial charge in [0.25, 0.3) is 5.91 Å². The fraction of sp³-hybridized carbons (Fsp3) is 0.542. The maximum Gasteiger partial charge on any atom is 0.256 e. The predicted octanol–water partition coefficient (Wildman–Crippen LogP) is 2.97. The fourth-order valence-electron chi connectivity index (χ4n) is 3.51. The van der Waals surface area contributed by atoms with E-state index in [-0.39, 0.29) is 11.3 Å². The molecule has 3 rings (SSSR count). The zero-order valence-electron chi connectivity index (χ0n) is 19.5. The van der Waals surface area contributed by atoms with Crippen LogP contribution >= 0.6 is 0 Å². The number of piperazine rings is 1. The standard InChI is InChI=1S/C24H36N6O/c1-18-26-16-21(22(28-18)27-17-24(2,3)4)23(31)25-10-9-19-7-6-8-20(15-19)30-13-11-29(5)12-14-30/h6-8,15-16H,9-14,17H2,1-5H3,(H,25,31)(H,26,27,28). The summed E-state index contributed by atoms with van der Waals surface area (Å²) in [6.45, 7) is 13.8. The molecule has 0 atom stereocenters. The molecule has 7 nitrogen and oxygen atoms in total. The topological polar surface area (TPSA) is 73.4 Å². The molecular formula is C24H36N6O. The summed E-state index contributed by atoms with van der Waals surface area (Å²) in [5.41, 5.74) is 3.06. The lowest BCUT2D eigenvalue weighted by Gasteiger charge is -2.34. The number of hydrogen-bond acceptors (Lipinski definition) is 6. The summed E-state index contributed by atoms with van der Waals surface area (Å²) in [7, 11) is 2.17. The second-order valence-corrected chi connectivity index (χ2v) is 9.56. The second kappa shape index (κ2) is 10.1. The summed E-state index contributed by atoms with van der Waals surface area (Å²) in [6, 6.07) is 8.64. The third kappa shape index (κ3) is 6.92. The maximum atomic E-state index is 12.8. The van der Waals surface area contributed by atoms with Gasteiger partial charge >= 0.3 is 0 Å². The van der Waals surface area contributed by atoms with Gasteiger partial charge in [-0.15, -0.1) is 0 Å². The highest BCUT2D eigenvalue weighted by atomic mass is 16.1. The SMILES string of the molecule is Cc1ncc(C(=O)NCCc2cccc(N3CCN(C)CC3)c2)c(NCC(C)(C)C)n1. The first kappa shape index (κ1) is 23.0. The Hall–Kier alpha value is -2.67. The Morgan fingerprint density at radius 3 is 2.61 bits per heavy atom. The van der Waals surface area contributed by atoms with Crippen LogP contribution in [0, 0.1) is 12.3 Å². The average Bonchev–Trinajstić information content (AvgIpc) is 2.72. The van der Waals surface area contributed by atoms with E-state index in [2.05, 4.69) is 82.5 Å². The molecule has 1 aromatic heterocycles. The van der Waals surface area contributed by atoms with E-state index in [1.165, 1.54) is 11.3 Å². The molecule has 0 bridgehead atoms. The molecule has 0 unspecified atom stereocenters. The van der Waals surface area contributed by atoms with Crippen molar-refractivity contribution >= 4 is 17.4 Å². The van der Waals surface area contributed by atoms with Crippen LogP contribution in [-0.4, -0.2) is 67.1 Å². The molecule has 1 aliphatic heterocycles. The number of aryl methyl sites for hydroxylation is 1. The third-order valence-electron chi connectivity index (χ3n) is 5.42. The number of nitrogens with zero attached hydrogens (tertiary/aromatic N) is 4. The smallest absolute Gasteiger partial charge is 0.256 e. The number of likely N-dealkylation sites (N-methyl/N-ethyl adjacent to an activating group) is 1. The number of rotatable bonds is 7. The van der Waals surface area contributed by atoms with Crippen LogP contribution in [0.25, 0.3) is 0 Å². The molecular weight excluding hydrogens is 388 g/mol. The minimum atomic E-state index is -0.147. The average molecular weight is 425 g/mol. The Kier molecular flexibility index (Phi) is 7.49. The van der Waals surface area contributed by atoms with E-state index < -0.39 is 0 Å². The van der Waals surface area contributed by atoms with Gasteiger partial charge in [-0.25, -0.2) is 9.97 Å². The van der Waals surface area contributed by atoms with Crippen molar-refractivity contribution in [1.29, 1.82) is 0 Å². The van der Waals surface area contributed by atoms with Crippen molar-refractivity contribution in [3.63, 3.8) is 0 Å². The van der Waals surface area contributed by atoms with Crippen molar-refractivity contribution in [1.82, 2.24) is 20.2 Å². The number of carbonyl (C=O) groups excluding carboxylic acids is 1. The van der Waals surface area contributed by atoms with Crippen LogP contribution in [0.3, 0.4) is 0 Å². The van der Waals surface area contributed by atoms with Crippen molar-refractivity contribution in [2.75, 3.05) is 56.5 Å². The van der Waals surface area contributed by atoms with Crippen LogP contribution in [0.5, 0.6) is 0 Å². The first-order valence-electron chi connectivity index (χ1n) is 11.1. The van der Waals surface area contributed by atoms with Gasteiger partial charge < -0.3 is 20.4 Å². The van der Waals surface area contributed by atoms with Gasteiger partial charge in [-0.05, 0) is 43.5 Å². The van der Waals surface area contributed by atoms with Crippen molar-refractivity contribution in [2.24, 2.45) is 5.41 Å². The minimum absolute atomic E-state index is 0.0847. The van der Waals surface area contributed by atoms with E-state index in [1.54, 1.807) is 6.20 Å². The molecule has 0 spiro atoms. The molecule has 2 aromatic rings. The first-order valence-corrected chi connectivity index (χ1v) is 11.1. The molecule has 1 aromatic carbocycles.